The van der Waals surface area contributed by atoms with Crippen LogP contribution >= 0.6 is 11.6 Å². The number of ether oxygens (including phenoxy) is 1. The molecule has 0 bridgehead atoms. The van der Waals surface area contributed by atoms with E-state index in [1.54, 1.807) is 6.07 Å². The summed E-state index contributed by atoms with van der Waals surface area (Å²) in [5.41, 5.74) is 2.97. The molecular weight excluding hydrogens is 312 g/mol. The van der Waals surface area contributed by atoms with Crippen LogP contribution in [0.5, 0.6) is 5.75 Å². The van der Waals surface area contributed by atoms with Gasteiger partial charge in [0, 0.05) is 10.7 Å². The number of aryl methyl sites for hydroxylation is 2. The van der Waals surface area contributed by atoms with Crippen LogP contribution in [0, 0.1) is 6.92 Å². The van der Waals surface area contributed by atoms with Gasteiger partial charge in [-0.05, 0) is 54.8 Å². The molecule has 0 aliphatic heterocycles. The van der Waals surface area contributed by atoms with E-state index in [1.165, 1.54) is 5.56 Å². The van der Waals surface area contributed by atoms with Gasteiger partial charge < -0.3 is 15.4 Å². The maximum Gasteiger partial charge on any atom is 0.319 e. The summed E-state index contributed by atoms with van der Waals surface area (Å²) in [7, 11) is 0. The number of carbonyl (C=O) groups excluding carboxylic acids is 1. The van der Waals surface area contributed by atoms with Gasteiger partial charge in [-0.25, -0.2) is 4.79 Å². The van der Waals surface area contributed by atoms with E-state index in [9.17, 15) is 4.79 Å². The SMILES string of the molecule is CCc1ccc(NC(=O)NCCOc2ccc(Cl)c(C)c2)cc1. The Labute approximate surface area is 141 Å². The van der Waals surface area contributed by atoms with Crippen molar-refractivity contribution in [1.29, 1.82) is 0 Å². The first-order valence-corrected chi connectivity index (χ1v) is 7.99. The minimum Gasteiger partial charge on any atom is -0.492 e. The Morgan fingerprint density at radius 1 is 1.17 bits per heavy atom. The van der Waals surface area contributed by atoms with Gasteiger partial charge in [0.1, 0.15) is 12.4 Å². The van der Waals surface area contributed by atoms with Crippen LogP contribution in [0.15, 0.2) is 42.5 Å². The standard InChI is InChI=1S/C18H21ClN2O2/c1-3-14-4-6-15(7-5-14)21-18(22)20-10-11-23-16-8-9-17(19)13(2)12-16/h4-9,12H,3,10-11H2,1-2H3,(H2,20,21,22). The van der Waals surface area contributed by atoms with Crippen LogP contribution in [0.4, 0.5) is 10.5 Å². The van der Waals surface area contributed by atoms with Crippen LogP contribution in [0.25, 0.3) is 0 Å². The molecule has 2 amide bonds. The van der Waals surface area contributed by atoms with Crippen molar-refractivity contribution < 1.29 is 9.53 Å². The smallest absolute Gasteiger partial charge is 0.319 e. The predicted molar refractivity (Wildman–Crippen MR) is 94.5 cm³/mol. The molecule has 0 radical (unpaired) electrons. The molecule has 2 aromatic carbocycles. The van der Waals surface area contributed by atoms with Gasteiger partial charge >= 0.3 is 6.03 Å². The maximum absolute atomic E-state index is 11.8. The molecule has 2 rings (SSSR count). The molecule has 0 saturated carbocycles. The van der Waals surface area contributed by atoms with Gasteiger partial charge in [-0.3, -0.25) is 0 Å². The first-order valence-electron chi connectivity index (χ1n) is 7.61. The van der Waals surface area contributed by atoms with Gasteiger partial charge in [0.25, 0.3) is 0 Å². The lowest BCUT2D eigenvalue weighted by Crippen LogP contribution is -2.32. The fraction of sp³-hybridized carbons (Fsp3) is 0.278. The van der Waals surface area contributed by atoms with Crippen molar-refractivity contribution in [1.82, 2.24) is 5.32 Å². The first kappa shape index (κ1) is 17.2. The van der Waals surface area contributed by atoms with Crippen molar-refractivity contribution in [3.63, 3.8) is 0 Å². The van der Waals surface area contributed by atoms with Crippen molar-refractivity contribution in [2.45, 2.75) is 20.3 Å². The molecule has 122 valence electrons. The second-order valence-corrected chi connectivity index (χ2v) is 5.60. The fourth-order valence-corrected chi connectivity index (χ4v) is 2.16. The molecule has 0 unspecified atom stereocenters. The van der Waals surface area contributed by atoms with E-state index in [-0.39, 0.29) is 6.03 Å². The number of anilines is 1. The molecule has 0 fully saturated rings. The van der Waals surface area contributed by atoms with E-state index in [0.29, 0.717) is 18.2 Å². The lowest BCUT2D eigenvalue weighted by Gasteiger charge is -2.10. The van der Waals surface area contributed by atoms with Crippen LogP contribution in [0.2, 0.25) is 5.02 Å². The summed E-state index contributed by atoms with van der Waals surface area (Å²) < 4.78 is 5.57. The topological polar surface area (TPSA) is 50.4 Å². The fourth-order valence-electron chi connectivity index (χ4n) is 2.04. The Hall–Kier alpha value is -2.20. The number of halogens is 1. The summed E-state index contributed by atoms with van der Waals surface area (Å²) in [6.45, 7) is 4.83. The summed E-state index contributed by atoms with van der Waals surface area (Å²) in [6, 6.07) is 13.0. The molecule has 0 atom stereocenters. The molecule has 0 aliphatic rings. The highest BCUT2D eigenvalue weighted by molar-refractivity contribution is 6.31. The quantitative estimate of drug-likeness (QED) is 0.770. The van der Waals surface area contributed by atoms with Crippen molar-refractivity contribution in [3.8, 4) is 5.75 Å². The van der Waals surface area contributed by atoms with Gasteiger partial charge in [-0.15, -0.1) is 0 Å². The first-order chi connectivity index (χ1) is 11.1. The summed E-state index contributed by atoms with van der Waals surface area (Å²) in [5.74, 6) is 0.740. The van der Waals surface area contributed by atoms with Crippen LogP contribution in [-0.4, -0.2) is 19.2 Å². The summed E-state index contributed by atoms with van der Waals surface area (Å²) in [6.07, 6.45) is 0.980. The minimum atomic E-state index is -0.245. The maximum atomic E-state index is 11.8. The molecule has 0 heterocycles. The highest BCUT2D eigenvalue weighted by atomic mass is 35.5. The molecule has 2 aromatic rings. The molecule has 5 heteroatoms. The average Bonchev–Trinajstić information content (AvgIpc) is 2.55. The van der Waals surface area contributed by atoms with E-state index in [2.05, 4.69) is 17.6 Å². The zero-order chi connectivity index (χ0) is 16.7. The van der Waals surface area contributed by atoms with Gasteiger partial charge in [0.2, 0.25) is 0 Å². The lowest BCUT2D eigenvalue weighted by atomic mass is 10.1. The third kappa shape index (κ3) is 5.49. The molecular formula is C18H21ClN2O2. The van der Waals surface area contributed by atoms with Crippen molar-refractivity contribution in [2.24, 2.45) is 0 Å². The highest BCUT2D eigenvalue weighted by Crippen LogP contribution is 2.20. The molecule has 0 spiro atoms. The van der Waals surface area contributed by atoms with Gasteiger partial charge in [-0.1, -0.05) is 30.7 Å². The second-order valence-electron chi connectivity index (χ2n) is 5.19. The van der Waals surface area contributed by atoms with E-state index in [4.69, 9.17) is 16.3 Å². The zero-order valence-corrected chi connectivity index (χ0v) is 14.1. The molecule has 0 saturated heterocycles. The van der Waals surface area contributed by atoms with Crippen molar-refractivity contribution in [2.75, 3.05) is 18.5 Å². The van der Waals surface area contributed by atoms with Gasteiger partial charge in [0.15, 0.2) is 0 Å². The Morgan fingerprint density at radius 3 is 2.57 bits per heavy atom. The third-order valence-electron chi connectivity index (χ3n) is 3.41. The predicted octanol–water partition coefficient (Wildman–Crippen LogP) is 4.41. The van der Waals surface area contributed by atoms with Crippen LogP contribution in [-0.2, 0) is 6.42 Å². The normalized spacial score (nSPS) is 10.2. The molecule has 0 aliphatic carbocycles. The highest BCUT2D eigenvalue weighted by Gasteiger charge is 2.02. The number of nitrogens with one attached hydrogen (secondary N) is 2. The van der Waals surface area contributed by atoms with E-state index in [1.807, 2.05) is 43.3 Å². The Balaban J connectivity index is 1.70. The summed E-state index contributed by atoms with van der Waals surface area (Å²) in [5, 5.41) is 6.25. The largest absolute Gasteiger partial charge is 0.492 e. The minimum absolute atomic E-state index is 0.245. The number of amides is 2. The van der Waals surface area contributed by atoms with Crippen LogP contribution in [0.3, 0.4) is 0 Å². The monoisotopic (exact) mass is 332 g/mol. The molecule has 4 nitrogen and oxygen atoms in total. The summed E-state index contributed by atoms with van der Waals surface area (Å²) in [4.78, 5) is 11.8. The number of carbonyl (C=O) groups is 1. The lowest BCUT2D eigenvalue weighted by molar-refractivity contribution is 0.247. The van der Waals surface area contributed by atoms with E-state index < -0.39 is 0 Å². The molecule has 2 N–H and O–H groups in total. The molecule has 0 aromatic heterocycles. The zero-order valence-electron chi connectivity index (χ0n) is 13.4. The number of urea groups is 1. The van der Waals surface area contributed by atoms with Gasteiger partial charge in [-0.2, -0.15) is 0 Å². The second kappa shape index (κ2) is 8.44. The Morgan fingerprint density at radius 2 is 1.91 bits per heavy atom. The van der Waals surface area contributed by atoms with Crippen LogP contribution < -0.4 is 15.4 Å². The molecule has 23 heavy (non-hydrogen) atoms. The van der Waals surface area contributed by atoms with Gasteiger partial charge in [0.05, 0.1) is 6.54 Å². The van der Waals surface area contributed by atoms with Crippen molar-refractivity contribution >= 4 is 23.3 Å². The Bertz CT molecular complexity index is 657. The van der Waals surface area contributed by atoms with E-state index in [0.717, 1.165) is 23.4 Å². The van der Waals surface area contributed by atoms with Crippen LogP contribution in [0.1, 0.15) is 18.1 Å². The number of hydrogen-bond donors (Lipinski definition) is 2. The average molecular weight is 333 g/mol. The number of benzene rings is 2. The summed E-state index contributed by atoms with van der Waals surface area (Å²) >= 11 is 5.96. The number of rotatable bonds is 6. The Kier molecular flexibility index (Phi) is 6.29. The van der Waals surface area contributed by atoms with Crippen molar-refractivity contribution in [3.05, 3.63) is 58.6 Å². The van der Waals surface area contributed by atoms with E-state index >= 15 is 0 Å². The third-order valence-corrected chi connectivity index (χ3v) is 3.83. The number of hydrogen-bond acceptors (Lipinski definition) is 2.